The summed E-state index contributed by atoms with van der Waals surface area (Å²) in [5.74, 6) is -1.47. The molecule has 2 aliphatic heterocycles. The minimum absolute atomic E-state index is 0.0335. The van der Waals surface area contributed by atoms with Crippen LogP contribution in [0.25, 0.3) is 6.08 Å². The maximum absolute atomic E-state index is 13.6. The lowest BCUT2D eigenvalue weighted by molar-refractivity contribution is -0.133. The van der Waals surface area contributed by atoms with Crippen molar-refractivity contribution in [1.82, 2.24) is 20.4 Å². The molecule has 2 aliphatic rings. The highest BCUT2D eigenvalue weighted by Crippen LogP contribution is 2.22. The summed E-state index contributed by atoms with van der Waals surface area (Å²) in [5, 5.41) is 16.8. The molecule has 10 heteroatoms. The minimum atomic E-state index is -0.745. The Bertz CT molecular complexity index is 1170. The number of hydrogen-bond donors (Lipinski definition) is 3. The van der Waals surface area contributed by atoms with Gasteiger partial charge in [0.2, 0.25) is 11.8 Å². The van der Waals surface area contributed by atoms with Crippen LogP contribution in [0.3, 0.4) is 0 Å². The normalized spacial score (nSPS) is 20.8. The van der Waals surface area contributed by atoms with Crippen molar-refractivity contribution in [3.63, 3.8) is 0 Å². The van der Waals surface area contributed by atoms with Crippen LogP contribution in [-0.2, 0) is 16.1 Å². The van der Waals surface area contributed by atoms with E-state index in [1.54, 1.807) is 6.07 Å². The number of carbonyl (C=O) groups excluding carboxylic acids is 2. The summed E-state index contributed by atoms with van der Waals surface area (Å²) in [6.45, 7) is 4.23. The third-order valence-corrected chi connectivity index (χ3v) is 7.63. The molecule has 0 aliphatic carbocycles. The van der Waals surface area contributed by atoms with Crippen LogP contribution < -0.4 is 10.6 Å². The van der Waals surface area contributed by atoms with E-state index < -0.39 is 11.6 Å². The highest BCUT2D eigenvalue weighted by molar-refractivity contribution is 6.34. The predicted molar refractivity (Wildman–Crippen MR) is 152 cm³/mol. The molecule has 2 heterocycles. The van der Waals surface area contributed by atoms with Crippen LogP contribution in [0.15, 0.2) is 42.5 Å². The van der Waals surface area contributed by atoms with E-state index in [2.05, 4.69) is 15.5 Å². The van der Waals surface area contributed by atoms with Crippen molar-refractivity contribution in [2.75, 3.05) is 32.7 Å². The molecule has 0 aromatic heterocycles. The van der Waals surface area contributed by atoms with Crippen LogP contribution in [0.5, 0.6) is 5.75 Å². The molecule has 3 N–H and O–H groups in total. The molecular weight excluding hydrogens is 542 g/mol. The Hall–Kier alpha value is -2.65. The van der Waals surface area contributed by atoms with E-state index in [9.17, 15) is 19.1 Å². The Kier molecular flexibility index (Phi) is 10.6. The van der Waals surface area contributed by atoms with Gasteiger partial charge in [-0.1, -0.05) is 35.7 Å². The van der Waals surface area contributed by atoms with Crippen LogP contribution in [-0.4, -0.2) is 71.5 Å². The van der Waals surface area contributed by atoms with Gasteiger partial charge in [-0.15, -0.1) is 0 Å². The van der Waals surface area contributed by atoms with E-state index in [0.717, 1.165) is 31.3 Å². The second kappa shape index (κ2) is 14.1. The summed E-state index contributed by atoms with van der Waals surface area (Å²) in [6, 6.07) is 8.77. The van der Waals surface area contributed by atoms with Crippen molar-refractivity contribution in [2.45, 2.75) is 50.7 Å². The minimum Gasteiger partial charge on any atom is -0.505 e. The molecule has 7 nitrogen and oxygen atoms in total. The monoisotopic (exact) mass is 576 g/mol. The van der Waals surface area contributed by atoms with Crippen LogP contribution in [0.1, 0.15) is 43.2 Å². The van der Waals surface area contributed by atoms with Crippen molar-refractivity contribution in [3.8, 4) is 5.75 Å². The lowest BCUT2D eigenvalue weighted by atomic mass is 10.1. The number of carbonyl (C=O) groups is 2. The fourth-order valence-electron chi connectivity index (χ4n) is 5.10. The third kappa shape index (κ3) is 8.93. The zero-order valence-corrected chi connectivity index (χ0v) is 23.4. The van der Waals surface area contributed by atoms with E-state index in [0.29, 0.717) is 48.1 Å². The van der Waals surface area contributed by atoms with E-state index in [4.69, 9.17) is 23.2 Å². The molecule has 2 aromatic carbocycles. The van der Waals surface area contributed by atoms with Crippen LogP contribution >= 0.6 is 23.2 Å². The Morgan fingerprint density at radius 1 is 1.10 bits per heavy atom. The lowest BCUT2D eigenvalue weighted by Crippen LogP contribution is -2.50. The molecule has 39 heavy (non-hydrogen) atoms. The first-order valence-corrected chi connectivity index (χ1v) is 14.2. The van der Waals surface area contributed by atoms with Crippen molar-refractivity contribution in [3.05, 3.63) is 69.5 Å². The number of nitrogens with zero attached hydrogens (tertiary/aromatic N) is 2. The van der Waals surface area contributed by atoms with Gasteiger partial charge in [-0.05, 0) is 86.3 Å². The number of halogens is 3. The van der Waals surface area contributed by atoms with Gasteiger partial charge in [-0.2, -0.15) is 0 Å². The first kappa shape index (κ1) is 29.3. The summed E-state index contributed by atoms with van der Waals surface area (Å²) in [7, 11) is 0. The largest absolute Gasteiger partial charge is 0.505 e. The van der Waals surface area contributed by atoms with Gasteiger partial charge in [-0.25, -0.2) is 4.39 Å². The number of rotatable bonds is 9. The second-order valence-electron chi connectivity index (χ2n) is 10.2. The molecular formula is C29H35Cl2FN4O3. The molecule has 2 saturated heterocycles. The average molecular weight is 578 g/mol. The SMILES string of the molecule is O=C(/C=C/c1ccc(O)c(F)c1)NC[C@@H]1CCN(Cc2cc(Cl)cc(Cl)c2)C(=O)[C@H](CCN2CCCCC2)N1. The standard InChI is InChI=1S/C29H35Cl2FN4O3/c30-22-14-21(15-23(31)17-22)19-36-13-8-24(34-26(29(36)39)9-12-35-10-2-1-3-11-35)18-33-28(38)7-5-20-4-6-27(37)25(32)16-20/h4-7,14-17,24,26,34,37H,1-3,8-13,18-19H2,(H,33,38)/b7-5+/t24-,26-/m0/s1. The molecule has 2 amide bonds. The molecule has 0 unspecified atom stereocenters. The zero-order chi connectivity index (χ0) is 27.8. The number of aromatic hydroxyl groups is 1. The Balaban J connectivity index is 1.39. The molecule has 0 bridgehead atoms. The fraction of sp³-hybridized carbons (Fsp3) is 0.448. The maximum atomic E-state index is 13.6. The summed E-state index contributed by atoms with van der Waals surface area (Å²) in [5.41, 5.74) is 1.34. The molecule has 2 atom stereocenters. The smallest absolute Gasteiger partial charge is 0.244 e. The Morgan fingerprint density at radius 2 is 1.85 bits per heavy atom. The topological polar surface area (TPSA) is 84.9 Å². The molecule has 0 radical (unpaired) electrons. The molecule has 2 fully saturated rings. The number of benzene rings is 2. The first-order valence-electron chi connectivity index (χ1n) is 13.4. The Labute approximate surface area is 238 Å². The van der Waals surface area contributed by atoms with Gasteiger partial charge in [-0.3, -0.25) is 9.59 Å². The summed E-state index contributed by atoms with van der Waals surface area (Å²) in [4.78, 5) is 30.3. The van der Waals surface area contributed by atoms with E-state index in [-0.39, 0.29) is 23.9 Å². The predicted octanol–water partition coefficient (Wildman–Crippen LogP) is 4.60. The number of nitrogens with one attached hydrogen (secondary N) is 2. The highest BCUT2D eigenvalue weighted by Gasteiger charge is 2.31. The second-order valence-corrected chi connectivity index (χ2v) is 11.1. The van der Waals surface area contributed by atoms with Crippen LogP contribution in [0.2, 0.25) is 10.0 Å². The van der Waals surface area contributed by atoms with Gasteiger partial charge in [0, 0.05) is 48.3 Å². The van der Waals surface area contributed by atoms with Crippen LogP contribution in [0.4, 0.5) is 4.39 Å². The molecule has 4 rings (SSSR count). The fourth-order valence-corrected chi connectivity index (χ4v) is 5.68. The van der Waals surface area contributed by atoms with Crippen LogP contribution in [0, 0.1) is 5.82 Å². The molecule has 0 spiro atoms. The average Bonchev–Trinajstić information content (AvgIpc) is 3.05. The number of hydrogen-bond acceptors (Lipinski definition) is 5. The maximum Gasteiger partial charge on any atom is 0.244 e. The summed E-state index contributed by atoms with van der Waals surface area (Å²) < 4.78 is 13.6. The lowest BCUT2D eigenvalue weighted by Gasteiger charge is -2.30. The van der Waals surface area contributed by atoms with Gasteiger partial charge >= 0.3 is 0 Å². The van der Waals surface area contributed by atoms with Crippen molar-refractivity contribution < 1.29 is 19.1 Å². The number of likely N-dealkylation sites (tertiary alicyclic amines) is 1. The van der Waals surface area contributed by atoms with Crippen molar-refractivity contribution >= 4 is 41.1 Å². The highest BCUT2D eigenvalue weighted by atomic mass is 35.5. The first-order chi connectivity index (χ1) is 18.8. The van der Waals surface area contributed by atoms with Crippen molar-refractivity contribution in [1.29, 1.82) is 0 Å². The van der Waals surface area contributed by atoms with Gasteiger partial charge in [0.05, 0.1) is 6.04 Å². The van der Waals surface area contributed by atoms with E-state index >= 15 is 0 Å². The quantitative estimate of drug-likeness (QED) is 0.380. The summed E-state index contributed by atoms with van der Waals surface area (Å²) >= 11 is 12.4. The molecule has 210 valence electrons. The zero-order valence-electron chi connectivity index (χ0n) is 21.8. The number of amides is 2. The van der Waals surface area contributed by atoms with E-state index in [1.807, 2.05) is 17.0 Å². The number of phenolic OH excluding ortho intramolecular Hbond substituents is 1. The Morgan fingerprint density at radius 3 is 2.56 bits per heavy atom. The number of phenols is 1. The number of piperidine rings is 1. The van der Waals surface area contributed by atoms with E-state index in [1.165, 1.54) is 43.5 Å². The summed E-state index contributed by atoms with van der Waals surface area (Å²) in [6.07, 6.45) is 7.79. The van der Waals surface area contributed by atoms with Gasteiger partial charge in [0.15, 0.2) is 11.6 Å². The molecule has 0 saturated carbocycles. The molecule has 2 aromatic rings. The van der Waals surface area contributed by atoms with Gasteiger partial charge in [0.25, 0.3) is 0 Å². The van der Waals surface area contributed by atoms with Gasteiger partial charge in [0.1, 0.15) is 0 Å². The van der Waals surface area contributed by atoms with Crippen molar-refractivity contribution in [2.24, 2.45) is 0 Å². The third-order valence-electron chi connectivity index (χ3n) is 7.19. The van der Waals surface area contributed by atoms with Gasteiger partial charge < -0.3 is 25.5 Å².